The van der Waals surface area contributed by atoms with Gasteiger partial charge in [-0.15, -0.1) is 11.3 Å². The molecule has 0 saturated heterocycles. The summed E-state index contributed by atoms with van der Waals surface area (Å²) in [6, 6.07) is 16.4. The molecule has 3 rings (SSSR count). The first-order valence-electron chi connectivity index (χ1n) is 7.82. The van der Waals surface area contributed by atoms with Crippen LogP contribution in [0.2, 0.25) is 0 Å². The third kappa shape index (κ3) is 4.66. The maximum Gasteiger partial charge on any atom is 0.240 e. The Hall–Kier alpha value is -2.22. The van der Waals surface area contributed by atoms with Crippen LogP contribution in [0, 0.1) is 0 Å². The molecule has 0 fully saturated rings. The van der Waals surface area contributed by atoms with Crippen molar-refractivity contribution in [3.05, 3.63) is 64.9 Å². The van der Waals surface area contributed by atoms with E-state index in [1.807, 2.05) is 41.8 Å². The van der Waals surface area contributed by atoms with Crippen LogP contribution >= 0.6 is 11.3 Å². The summed E-state index contributed by atoms with van der Waals surface area (Å²) < 4.78 is 27.2. The van der Waals surface area contributed by atoms with E-state index in [2.05, 4.69) is 10.0 Å². The molecular weight excluding hydrogens is 356 g/mol. The van der Waals surface area contributed by atoms with Crippen molar-refractivity contribution in [1.29, 1.82) is 0 Å². The van der Waals surface area contributed by atoms with Crippen molar-refractivity contribution < 1.29 is 13.2 Å². The highest BCUT2D eigenvalue weighted by Crippen LogP contribution is 2.18. The quantitative estimate of drug-likeness (QED) is 0.668. The van der Waals surface area contributed by atoms with Crippen molar-refractivity contribution in [3.63, 3.8) is 0 Å². The lowest BCUT2D eigenvalue weighted by atomic mass is 10.1. The Labute approximate surface area is 150 Å². The van der Waals surface area contributed by atoms with E-state index in [1.165, 1.54) is 0 Å². The summed E-state index contributed by atoms with van der Waals surface area (Å²) in [7, 11) is -3.63. The number of thiophene rings is 1. The second kappa shape index (κ2) is 7.77. The molecule has 0 bridgehead atoms. The Kier molecular flexibility index (Phi) is 5.47. The zero-order valence-corrected chi connectivity index (χ0v) is 15.1. The molecular formula is C18H18N2O3S2. The van der Waals surface area contributed by atoms with Crippen LogP contribution < -0.4 is 10.0 Å². The molecule has 0 unspecified atom stereocenters. The summed E-state index contributed by atoms with van der Waals surface area (Å²) in [5.41, 5.74) is 0. The first-order valence-corrected chi connectivity index (χ1v) is 10.2. The van der Waals surface area contributed by atoms with Gasteiger partial charge in [-0.2, -0.15) is 0 Å². The molecule has 0 radical (unpaired) electrons. The fourth-order valence-corrected chi connectivity index (χ4v) is 4.12. The van der Waals surface area contributed by atoms with Gasteiger partial charge in [-0.25, -0.2) is 13.1 Å². The summed E-state index contributed by atoms with van der Waals surface area (Å²) >= 11 is 1.56. The highest BCUT2D eigenvalue weighted by molar-refractivity contribution is 7.89. The Morgan fingerprint density at radius 1 is 1.00 bits per heavy atom. The van der Waals surface area contributed by atoms with E-state index in [1.54, 1.807) is 29.5 Å². The molecule has 1 amide bonds. The van der Waals surface area contributed by atoms with Gasteiger partial charge < -0.3 is 5.32 Å². The Morgan fingerprint density at radius 3 is 2.56 bits per heavy atom. The fraction of sp³-hybridized carbons (Fsp3) is 0.167. The molecule has 1 heterocycles. The molecule has 3 aromatic rings. The zero-order chi connectivity index (χ0) is 17.7. The maximum atomic E-state index is 12.4. The van der Waals surface area contributed by atoms with Gasteiger partial charge in [0.05, 0.1) is 11.4 Å². The van der Waals surface area contributed by atoms with Gasteiger partial charge in [0.25, 0.3) is 0 Å². The first kappa shape index (κ1) is 17.6. The number of benzene rings is 2. The highest BCUT2D eigenvalue weighted by atomic mass is 32.2. The molecule has 0 aliphatic carbocycles. The predicted molar refractivity (Wildman–Crippen MR) is 99.9 cm³/mol. The molecule has 0 aliphatic heterocycles. The summed E-state index contributed by atoms with van der Waals surface area (Å²) in [5.74, 6) is -0.186. The monoisotopic (exact) mass is 374 g/mol. The zero-order valence-electron chi connectivity index (χ0n) is 13.4. The molecule has 0 atom stereocenters. The molecule has 7 heteroatoms. The summed E-state index contributed by atoms with van der Waals surface area (Å²) in [6.07, 6.45) is 0.0954. The number of carbonyl (C=O) groups is 1. The predicted octanol–water partition coefficient (Wildman–Crippen LogP) is 2.89. The molecule has 1 aromatic heterocycles. The van der Waals surface area contributed by atoms with Gasteiger partial charge in [0.15, 0.2) is 0 Å². The molecule has 25 heavy (non-hydrogen) atoms. The number of sulfonamides is 1. The number of nitrogens with one attached hydrogen (secondary N) is 2. The van der Waals surface area contributed by atoms with Crippen LogP contribution in [0.5, 0.6) is 0 Å². The van der Waals surface area contributed by atoms with E-state index in [0.717, 1.165) is 15.6 Å². The lowest BCUT2D eigenvalue weighted by Crippen LogP contribution is -2.30. The number of hydrogen-bond acceptors (Lipinski definition) is 4. The Balaban J connectivity index is 1.54. The van der Waals surface area contributed by atoms with Crippen LogP contribution in [0.4, 0.5) is 0 Å². The number of rotatable bonds is 7. The minimum atomic E-state index is -3.63. The van der Waals surface area contributed by atoms with Crippen molar-refractivity contribution in [2.75, 3.05) is 6.54 Å². The van der Waals surface area contributed by atoms with E-state index in [9.17, 15) is 13.2 Å². The third-order valence-electron chi connectivity index (χ3n) is 3.72. The van der Waals surface area contributed by atoms with Crippen molar-refractivity contribution >= 4 is 38.0 Å². The van der Waals surface area contributed by atoms with Crippen molar-refractivity contribution in [1.82, 2.24) is 10.0 Å². The number of hydrogen-bond donors (Lipinski definition) is 2. The molecule has 130 valence electrons. The number of carbonyl (C=O) groups excluding carboxylic acids is 1. The molecule has 2 N–H and O–H groups in total. The van der Waals surface area contributed by atoms with E-state index in [-0.39, 0.29) is 23.8 Å². The van der Waals surface area contributed by atoms with Crippen LogP contribution in [0.1, 0.15) is 11.3 Å². The summed E-state index contributed by atoms with van der Waals surface area (Å²) in [5, 5.41) is 6.56. The second-order valence-corrected chi connectivity index (χ2v) is 8.31. The van der Waals surface area contributed by atoms with Gasteiger partial charge in [-0.3, -0.25) is 4.79 Å². The highest BCUT2D eigenvalue weighted by Gasteiger charge is 2.14. The van der Waals surface area contributed by atoms with Crippen LogP contribution in [-0.4, -0.2) is 20.9 Å². The minimum Gasteiger partial charge on any atom is -0.351 e. The number of amides is 1. The van der Waals surface area contributed by atoms with E-state index >= 15 is 0 Å². The normalized spacial score (nSPS) is 11.5. The average Bonchev–Trinajstić information content (AvgIpc) is 3.13. The fourth-order valence-electron chi connectivity index (χ4n) is 2.40. The van der Waals surface area contributed by atoms with Gasteiger partial charge >= 0.3 is 0 Å². The molecule has 0 aliphatic rings. The summed E-state index contributed by atoms with van der Waals surface area (Å²) in [4.78, 5) is 13.1. The Bertz CT molecular complexity index is 967. The van der Waals surface area contributed by atoms with E-state index in [0.29, 0.717) is 6.54 Å². The van der Waals surface area contributed by atoms with Crippen molar-refractivity contribution in [2.24, 2.45) is 0 Å². The van der Waals surface area contributed by atoms with Crippen LogP contribution in [0.3, 0.4) is 0 Å². The largest absolute Gasteiger partial charge is 0.351 e. The summed E-state index contributed by atoms with van der Waals surface area (Å²) in [6.45, 7) is 0.527. The van der Waals surface area contributed by atoms with E-state index < -0.39 is 10.0 Å². The van der Waals surface area contributed by atoms with Crippen molar-refractivity contribution in [2.45, 2.75) is 17.9 Å². The molecule has 0 saturated carbocycles. The van der Waals surface area contributed by atoms with Crippen LogP contribution in [-0.2, 0) is 21.4 Å². The van der Waals surface area contributed by atoms with Gasteiger partial charge in [0, 0.05) is 17.8 Å². The average molecular weight is 374 g/mol. The standard InChI is InChI=1S/C18H18N2O3S2/c21-18(19-13-16-6-3-11-24-16)9-10-20-25(22,23)17-8-7-14-4-1-2-5-15(14)12-17/h1-8,11-12,20H,9-10,13H2,(H,19,21). The molecule has 0 spiro atoms. The van der Waals surface area contributed by atoms with Gasteiger partial charge in [-0.05, 0) is 34.4 Å². The molecule has 5 nitrogen and oxygen atoms in total. The van der Waals surface area contributed by atoms with Gasteiger partial charge in [0.1, 0.15) is 0 Å². The van der Waals surface area contributed by atoms with Crippen molar-refractivity contribution in [3.8, 4) is 0 Å². The minimum absolute atomic E-state index is 0.0609. The smallest absolute Gasteiger partial charge is 0.240 e. The van der Waals surface area contributed by atoms with E-state index in [4.69, 9.17) is 0 Å². The second-order valence-electron chi connectivity index (χ2n) is 5.51. The lowest BCUT2D eigenvalue weighted by molar-refractivity contribution is -0.121. The molecule has 2 aromatic carbocycles. The Morgan fingerprint density at radius 2 is 1.80 bits per heavy atom. The lowest BCUT2D eigenvalue weighted by Gasteiger charge is -2.08. The van der Waals surface area contributed by atoms with Crippen LogP contribution in [0.15, 0.2) is 64.9 Å². The SMILES string of the molecule is O=C(CCNS(=O)(=O)c1ccc2ccccc2c1)NCc1cccs1. The topological polar surface area (TPSA) is 75.3 Å². The number of fused-ring (bicyclic) bond motifs is 1. The van der Waals surface area contributed by atoms with Gasteiger partial charge in [-0.1, -0.05) is 36.4 Å². The third-order valence-corrected chi connectivity index (χ3v) is 6.05. The first-order chi connectivity index (χ1) is 12.0. The van der Waals surface area contributed by atoms with Gasteiger partial charge in [0.2, 0.25) is 15.9 Å². The van der Waals surface area contributed by atoms with Crippen LogP contribution in [0.25, 0.3) is 10.8 Å². The maximum absolute atomic E-state index is 12.4.